The summed E-state index contributed by atoms with van der Waals surface area (Å²) < 4.78 is 4.72. The number of ether oxygens (including phenoxy) is 1. The van der Waals surface area contributed by atoms with Crippen LogP contribution in [-0.4, -0.2) is 55.1 Å². The number of rotatable bonds is 4. The fraction of sp³-hybridized carbons (Fsp3) is 0.769. The van der Waals surface area contributed by atoms with Crippen LogP contribution in [0.1, 0.15) is 26.2 Å². The molecule has 0 aromatic carbocycles. The molecule has 0 radical (unpaired) electrons. The van der Waals surface area contributed by atoms with Crippen molar-refractivity contribution in [3.63, 3.8) is 0 Å². The lowest BCUT2D eigenvalue weighted by atomic mass is 9.95. The van der Waals surface area contributed by atoms with Crippen LogP contribution in [0, 0.1) is 5.92 Å². The molecular formula is C13H21N3O4. The number of amides is 3. The fourth-order valence-corrected chi connectivity index (χ4v) is 2.49. The van der Waals surface area contributed by atoms with Crippen LogP contribution in [0.25, 0.3) is 0 Å². The van der Waals surface area contributed by atoms with Crippen LogP contribution >= 0.6 is 0 Å². The monoisotopic (exact) mass is 283 g/mol. The van der Waals surface area contributed by atoms with Crippen LogP contribution in [0.5, 0.6) is 0 Å². The summed E-state index contributed by atoms with van der Waals surface area (Å²) in [6.07, 6.45) is 1.72. The van der Waals surface area contributed by atoms with E-state index in [9.17, 15) is 14.4 Å². The molecule has 2 aliphatic heterocycles. The van der Waals surface area contributed by atoms with E-state index in [-0.39, 0.29) is 24.3 Å². The Kier molecular flexibility index (Phi) is 4.81. The quantitative estimate of drug-likeness (QED) is 0.751. The second-order valence-electron chi connectivity index (χ2n) is 5.19. The molecule has 2 rings (SSSR count). The zero-order valence-electron chi connectivity index (χ0n) is 11.7. The first-order valence-electron chi connectivity index (χ1n) is 7.11. The Bertz CT molecular complexity index is 391. The third-order valence-electron chi connectivity index (χ3n) is 3.70. The van der Waals surface area contributed by atoms with E-state index in [2.05, 4.69) is 10.6 Å². The highest BCUT2D eigenvalue weighted by molar-refractivity contribution is 5.88. The zero-order valence-corrected chi connectivity index (χ0v) is 11.7. The molecule has 0 aromatic rings. The molecular weight excluding hydrogens is 262 g/mol. The van der Waals surface area contributed by atoms with E-state index in [4.69, 9.17) is 4.74 Å². The molecule has 2 N–H and O–H groups in total. The van der Waals surface area contributed by atoms with Gasteiger partial charge in [-0.2, -0.15) is 0 Å². The molecule has 112 valence electrons. The van der Waals surface area contributed by atoms with Crippen LogP contribution in [-0.2, 0) is 14.3 Å². The number of hydrogen-bond donors (Lipinski definition) is 2. The first-order chi connectivity index (χ1) is 9.61. The molecule has 2 heterocycles. The number of nitrogens with zero attached hydrogens (tertiary/aromatic N) is 1. The molecule has 7 nitrogen and oxygen atoms in total. The van der Waals surface area contributed by atoms with Gasteiger partial charge in [-0.3, -0.25) is 9.59 Å². The summed E-state index contributed by atoms with van der Waals surface area (Å²) in [7, 11) is 0. The van der Waals surface area contributed by atoms with Crippen molar-refractivity contribution < 1.29 is 19.1 Å². The zero-order chi connectivity index (χ0) is 14.5. The maximum absolute atomic E-state index is 12.1. The number of nitrogens with one attached hydrogen (secondary N) is 2. The lowest BCUT2D eigenvalue weighted by molar-refractivity contribution is -0.137. The number of hydrogen-bond acceptors (Lipinski definition) is 4. The summed E-state index contributed by atoms with van der Waals surface area (Å²) >= 11 is 0. The van der Waals surface area contributed by atoms with E-state index in [1.807, 2.05) is 6.92 Å². The van der Waals surface area contributed by atoms with Crippen molar-refractivity contribution >= 4 is 17.9 Å². The summed E-state index contributed by atoms with van der Waals surface area (Å²) in [4.78, 5) is 36.6. The van der Waals surface area contributed by atoms with Crippen LogP contribution in [0.3, 0.4) is 0 Å². The van der Waals surface area contributed by atoms with Crippen molar-refractivity contribution in [2.24, 2.45) is 5.92 Å². The molecule has 2 aliphatic rings. The summed E-state index contributed by atoms with van der Waals surface area (Å²) in [5, 5.41) is 5.37. The molecule has 0 bridgehead atoms. The van der Waals surface area contributed by atoms with E-state index in [1.165, 1.54) is 0 Å². The lowest BCUT2D eigenvalue weighted by Crippen LogP contribution is -2.49. The maximum Gasteiger partial charge on any atom is 0.407 e. The van der Waals surface area contributed by atoms with Gasteiger partial charge in [0.05, 0.1) is 0 Å². The standard InChI is InChI=1S/C13H21N3O4/c1-2-5-14-11(17)9-3-6-16(7-4-9)12(18)10-8-20-13(19)15-10/h9-10H,2-8H2,1H3,(H,14,17)(H,15,19)/t10-/m0/s1. The van der Waals surface area contributed by atoms with Crippen molar-refractivity contribution in [3.8, 4) is 0 Å². The van der Waals surface area contributed by atoms with Crippen molar-refractivity contribution in [1.29, 1.82) is 0 Å². The van der Waals surface area contributed by atoms with Gasteiger partial charge < -0.3 is 20.3 Å². The molecule has 0 unspecified atom stereocenters. The second kappa shape index (κ2) is 6.58. The highest BCUT2D eigenvalue weighted by Gasteiger charge is 2.34. The van der Waals surface area contributed by atoms with Gasteiger partial charge in [-0.1, -0.05) is 6.92 Å². The van der Waals surface area contributed by atoms with Crippen LogP contribution < -0.4 is 10.6 Å². The van der Waals surface area contributed by atoms with E-state index < -0.39 is 12.1 Å². The summed E-state index contributed by atoms with van der Waals surface area (Å²) in [6, 6.07) is -0.576. The van der Waals surface area contributed by atoms with Crippen LogP contribution in [0.4, 0.5) is 4.79 Å². The second-order valence-corrected chi connectivity index (χ2v) is 5.19. The average Bonchev–Trinajstić information content (AvgIpc) is 2.90. The number of alkyl carbamates (subject to hydrolysis) is 1. The van der Waals surface area contributed by atoms with Crippen molar-refractivity contribution in [2.45, 2.75) is 32.2 Å². The highest BCUT2D eigenvalue weighted by atomic mass is 16.6. The number of cyclic esters (lactones) is 1. The Labute approximate surface area is 118 Å². The van der Waals surface area contributed by atoms with E-state index >= 15 is 0 Å². The minimum Gasteiger partial charge on any atom is -0.447 e. The van der Waals surface area contributed by atoms with Crippen molar-refractivity contribution in [3.05, 3.63) is 0 Å². The Morgan fingerprint density at radius 3 is 2.65 bits per heavy atom. The Morgan fingerprint density at radius 2 is 2.10 bits per heavy atom. The van der Waals surface area contributed by atoms with Crippen LogP contribution in [0.15, 0.2) is 0 Å². The van der Waals surface area contributed by atoms with E-state index in [0.717, 1.165) is 6.42 Å². The maximum atomic E-state index is 12.1. The molecule has 0 aliphatic carbocycles. The van der Waals surface area contributed by atoms with Gasteiger partial charge in [-0.25, -0.2) is 4.79 Å². The van der Waals surface area contributed by atoms with Gasteiger partial charge in [0.25, 0.3) is 0 Å². The predicted molar refractivity (Wildman–Crippen MR) is 70.9 cm³/mol. The molecule has 0 spiro atoms. The van der Waals surface area contributed by atoms with E-state index in [1.54, 1.807) is 4.90 Å². The number of likely N-dealkylation sites (tertiary alicyclic amines) is 1. The highest BCUT2D eigenvalue weighted by Crippen LogP contribution is 2.18. The van der Waals surface area contributed by atoms with Gasteiger partial charge in [0.2, 0.25) is 11.8 Å². The molecule has 1 atom stereocenters. The minimum absolute atomic E-state index is 0.0139. The predicted octanol–water partition coefficient (Wildman–Crippen LogP) is -0.140. The summed E-state index contributed by atoms with van der Waals surface area (Å²) in [6.45, 7) is 3.91. The van der Waals surface area contributed by atoms with Gasteiger partial charge in [0.1, 0.15) is 12.6 Å². The first-order valence-corrected chi connectivity index (χ1v) is 7.11. The third kappa shape index (κ3) is 3.40. The number of carbonyl (C=O) groups excluding carboxylic acids is 3. The number of piperidine rings is 1. The SMILES string of the molecule is CCCNC(=O)C1CCN(C(=O)[C@@H]2COC(=O)N2)CC1. The van der Waals surface area contributed by atoms with Crippen LogP contribution in [0.2, 0.25) is 0 Å². The van der Waals surface area contributed by atoms with Gasteiger partial charge in [-0.15, -0.1) is 0 Å². The lowest BCUT2D eigenvalue weighted by Gasteiger charge is -2.32. The van der Waals surface area contributed by atoms with Gasteiger partial charge in [-0.05, 0) is 19.3 Å². The molecule has 20 heavy (non-hydrogen) atoms. The Hall–Kier alpha value is -1.79. The smallest absolute Gasteiger partial charge is 0.407 e. The molecule has 7 heteroatoms. The Balaban J connectivity index is 1.77. The molecule has 2 saturated heterocycles. The van der Waals surface area contributed by atoms with Gasteiger partial charge in [0, 0.05) is 25.6 Å². The Morgan fingerprint density at radius 1 is 1.40 bits per heavy atom. The first kappa shape index (κ1) is 14.6. The number of carbonyl (C=O) groups is 3. The third-order valence-corrected chi connectivity index (χ3v) is 3.70. The van der Waals surface area contributed by atoms with Crippen molar-refractivity contribution in [2.75, 3.05) is 26.2 Å². The van der Waals surface area contributed by atoms with Gasteiger partial charge in [0.15, 0.2) is 0 Å². The average molecular weight is 283 g/mol. The summed E-state index contributed by atoms with van der Waals surface area (Å²) in [5.41, 5.74) is 0. The topological polar surface area (TPSA) is 87.7 Å². The van der Waals surface area contributed by atoms with Crippen molar-refractivity contribution in [1.82, 2.24) is 15.5 Å². The molecule has 3 amide bonds. The largest absolute Gasteiger partial charge is 0.447 e. The van der Waals surface area contributed by atoms with Gasteiger partial charge >= 0.3 is 6.09 Å². The normalized spacial score (nSPS) is 23.1. The van der Waals surface area contributed by atoms with E-state index in [0.29, 0.717) is 32.5 Å². The molecule has 2 fully saturated rings. The fourth-order valence-electron chi connectivity index (χ4n) is 2.49. The molecule has 0 saturated carbocycles. The molecule has 0 aromatic heterocycles. The summed E-state index contributed by atoms with van der Waals surface area (Å²) in [5.74, 6) is -0.0558. The minimum atomic E-state index is -0.576.